The van der Waals surface area contributed by atoms with Crippen LogP contribution in [0.25, 0.3) is 0 Å². The summed E-state index contributed by atoms with van der Waals surface area (Å²) in [5, 5.41) is 43.5. The zero-order chi connectivity index (χ0) is 24.8. The van der Waals surface area contributed by atoms with E-state index in [0.717, 1.165) is 5.56 Å². The van der Waals surface area contributed by atoms with Crippen molar-refractivity contribution in [3.8, 4) is 11.5 Å². The molecule has 10 nitrogen and oxygen atoms in total. The molecule has 11 heteroatoms. The maximum absolute atomic E-state index is 12.2. The molecule has 0 aliphatic carbocycles. The molecule has 0 aromatic heterocycles. The minimum absolute atomic E-state index is 0.311. The number of aryl methyl sites for hydroxylation is 1. The summed E-state index contributed by atoms with van der Waals surface area (Å²) in [4.78, 5) is 12.2. The second-order valence-corrected chi connectivity index (χ2v) is 8.22. The van der Waals surface area contributed by atoms with Crippen molar-refractivity contribution in [2.75, 3.05) is 6.61 Å². The Kier molecular flexibility index (Phi) is 8.84. The summed E-state index contributed by atoms with van der Waals surface area (Å²) in [7, 11) is 0. The third-order valence-electron chi connectivity index (χ3n) is 5.18. The van der Waals surface area contributed by atoms with Crippen LogP contribution in [0, 0.1) is 6.92 Å². The number of nitrogens with zero attached hydrogens (tertiary/aromatic N) is 1. The molecule has 1 aliphatic rings. The Bertz CT molecular complexity index is 1000. The molecule has 34 heavy (non-hydrogen) atoms. The quantitative estimate of drug-likeness (QED) is 0.266. The fourth-order valence-corrected chi connectivity index (χ4v) is 3.41. The van der Waals surface area contributed by atoms with Gasteiger partial charge >= 0.3 is 0 Å². The van der Waals surface area contributed by atoms with E-state index in [2.05, 4.69) is 10.5 Å². The Hall–Kier alpha value is -2.73. The van der Waals surface area contributed by atoms with Crippen molar-refractivity contribution < 1.29 is 39.4 Å². The lowest BCUT2D eigenvalue weighted by Crippen LogP contribution is -2.60. The maximum Gasteiger partial charge on any atom is 0.280 e. The number of halogens is 1. The topological polar surface area (TPSA) is 150 Å². The number of aliphatic hydroxyl groups is 4. The molecule has 3 rings (SSSR count). The summed E-state index contributed by atoms with van der Waals surface area (Å²) in [6.07, 6.45) is -6.19. The van der Waals surface area contributed by atoms with E-state index >= 15 is 0 Å². The Balaban J connectivity index is 1.52. The van der Waals surface area contributed by atoms with Gasteiger partial charge in [0, 0.05) is 5.02 Å². The molecule has 0 unspecified atom stereocenters. The minimum atomic E-state index is -1.53. The minimum Gasteiger partial charge on any atom is -0.481 e. The Morgan fingerprint density at radius 2 is 1.88 bits per heavy atom. The predicted molar refractivity (Wildman–Crippen MR) is 123 cm³/mol. The molecule has 1 heterocycles. The van der Waals surface area contributed by atoms with Crippen LogP contribution in [0.2, 0.25) is 5.02 Å². The zero-order valence-electron chi connectivity index (χ0n) is 18.5. The van der Waals surface area contributed by atoms with Gasteiger partial charge in [-0.3, -0.25) is 4.79 Å². The standard InChI is InChI=1S/C23H27ClN2O8/c1-12-9-15(24)5-8-17(12)32-13(2)22(31)26-25-10-14-3-6-16(7-4-14)33-23-21(30)20(29)19(28)18(11-27)34-23/h3-10,13,18-21,23,27-30H,11H2,1-2H3,(H,26,31)/t13-,18+,19+,20-,21+,23-/m1/s1. The lowest BCUT2D eigenvalue weighted by Gasteiger charge is -2.39. The lowest BCUT2D eigenvalue weighted by atomic mass is 9.99. The van der Waals surface area contributed by atoms with Crippen molar-refractivity contribution >= 4 is 23.7 Å². The van der Waals surface area contributed by atoms with Gasteiger partial charge < -0.3 is 34.6 Å². The van der Waals surface area contributed by atoms with E-state index in [1.807, 2.05) is 6.92 Å². The molecule has 1 saturated heterocycles. The number of hydrazone groups is 1. The number of benzene rings is 2. The third kappa shape index (κ3) is 6.44. The van der Waals surface area contributed by atoms with Crippen molar-refractivity contribution in [2.24, 2.45) is 5.10 Å². The first-order chi connectivity index (χ1) is 16.2. The number of carbonyl (C=O) groups is 1. The van der Waals surface area contributed by atoms with E-state index in [1.54, 1.807) is 49.4 Å². The monoisotopic (exact) mass is 494 g/mol. The van der Waals surface area contributed by atoms with Gasteiger partial charge in [-0.15, -0.1) is 0 Å². The van der Waals surface area contributed by atoms with Gasteiger partial charge in [0.25, 0.3) is 5.91 Å². The van der Waals surface area contributed by atoms with Crippen molar-refractivity contribution in [1.82, 2.24) is 5.43 Å². The van der Waals surface area contributed by atoms with Crippen molar-refractivity contribution in [1.29, 1.82) is 0 Å². The third-order valence-corrected chi connectivity index (χ3v) is 5.41. The first kappa shape index (κ1) is 25.9. The molecule has 0 spiro atoms. The van der Waals surface area contributed by atoms with E-state index in [-0.39, 0.29) is 0 Å². The highest BCUT2D eigenvalue weighted by Gasteiger charge is 2.44. The van der Waals surface area contributed by atoms with E-state index in [9.17, 15) is 25.2 Å². The van der Waals surface area contributed by atoms with Gasteiger partial charge in [0.15, 0.2) is 6.10 Å². The second kappa shape index (κ2) is 11.6. The van der Waals surface area contributed by atoms with Crippen molar-refractivity contribution in [3.05, 3.63) is 58.6 Å². The van der Waals surface area contributed by atoms with Gasteiger partial charge in [-0.1, -0.05) is 11.6 Å². The molecule has 2 aromatic carbocycles. The molecule has 184 valence electrons. The van der Waals surface area contributed by atoms with Gasteiger partial charge in [0.05, 0.1) is 12.8 Å². The van der Waals surface area contributed by atoms with Crippen LogP contribution < -0.4 is 14.9 Å². The summed E-state index contributed by atoms with van der Waals surface area (Å²) in [5.74, 6) is 0.421. The summed E-state index contributed by atoms with van der Waals surface area (Å²) in [6.45, 7) is 2.88. The van der Waals surface area contributed by atoms with Crippen LogP contribution in [-0.4, -0.2) is 76.0 Å². The summed E-state index contributed by atoms with van der Waals surface area (Å²) >= 11 is 5.92. The van der Waals surface area contributed by atoms with Gasteiger partial charge in [0.2, 0.25) is 6.29 Å². The molecule has 1 fully saturated rings. The molecule has 1 aliphatic heterocycles. The molecule has 0 radical (unpaired) electrons. The SMILES string of the molecule is Cc1cc(Cl)ccc1O[C@H](C)C(=O)NN=Cc1ccc(O[C@@H]2O[C@@H](CO)[C@H](O)[C@@H](O)[C@@H]2O)cc1. The number of carbonyl (C=O) groups excluding carboxylic acids is 1. The highest BCUT2D eigenvalue weighted by atomic mass is 35.5. The fourth-order valence-electron chi connectivity index (χ4n) is 3.18. The molecule has 0 bridgehead atoms. The maximum atomic E-state index is 12.2. The predicted octanol–water partition coefficient (Wildman–Crippen LogP) is 0.745. The van der Waals surface area contributed by atoms with E-state index in [0.29, 0.717) is 22.1 Å². The molecule has 6 atom stereocenters. The van der Waals surface area contributed by atoms with Crippen molar-refractivity contribution in [2.45, 2.75) is 50.7 Å². The Morgan fingerprint density at radius 1 is 1.18 bits per heavy atom. The molecule has 5 N–H and O–H groups in total. The van der Waals surface area contributed by atoms with Crippen molar-refractivity contribution in [3.63, 3.8) is 0 Å². The Morgan fingerprint density at radius 3 is 2.53 bits per heavy atom. The van der Waals surface area contributed by atoms with E-state index in [1.165, 1.54) is 6.21 Å². The Labute approximate surface area is 201 Å². The van der Waals surface area contributed by atoms with Gasteiger partial charge in [-0.05, 0) is 67.4 Å². The van der Waals surface area contributed by atoms with Crippen LogP contribution in [-0.2, 0) is 9.53 Å². The average Bonchev–Trinajstić information content (AvgIpc) is 2.82. The van der Waals surface area contributed by atoms with E-state index < -0.39 is 49.3 Å². The number of hydrogen-bond donors (Lipinski definition) is 5. The zero-order valence-corrected chi connectivity index (χ0v) is 19.3. The highest BCUT2D eigenvalue weighted by molar-refractivity contribution is 6.30. The van der Waals surface area contributed by atoms with E-state index in [4.69, 9.17) is 25.8 Å². The number of hydrogen-bond acceptors (Lipinski definition) is 9. The van der Waals surface area contributed by atoms with Crippen LogP contribution in [0.3, 0.4) is 0 Å². The largest absolute Gasteiger partial charge is 0.481 e. The van der Waals surface area contributed by atoms with Crippen LogP contribution in [0.1, 0.15) is 18.1 Å². The highest BCUT2D eigenvalue weighted by Crippen LogP contribution is 2.25. The van der Waals surface area contributed by atoms with Gasteiger partial charge in [0.1, 0.15) is 35.9 Å². The second-order valence-electron chi connectivity index (χ2n) is 7.79. The van der Waals surface area contributed by atoms with Gasteiger partial charge in [-0.2, -0.15) is 5.10 Å². The summed E-state index contributed by atoms with van der Waals surface area (Å²) in [6, 6.07) is 11.5. The number of aliphatic hydroxyl groups excluding tert-OH is 4. The lowest BCUT2D eigenvalue weighted by molar-refractivity contribution is -0.277. The summed E-state index contributed by atoms with van der Waals surface area (Å²) < 4.78 is 16.5. The number of nitrogens with one attached hydrogen (secondary N) is 1. The molecule has 0 saturated carbocycles. The first-order valence-corrected chi connectivity index (χ1v) is 10.9. The number of ether oxygens (including phenoxy) is 3. The average molecular weight is 495 g/mol. The van der Waals surface area contributed by atoms with Crippen LogP contribution >= 0.6 is 11.6 Å². The normalized spacial score (nSPS) is 25.7. The van der Waals surface area contributed by atoms with Crippen LogP contribution in [0.4, 0.5) is 0 Å². The smallest absolute Gasteiger partial charge is 0.280 e. The molecular formula is C23H27ClN2O8. The van der Waals surface area contributed by atoms with Crippen LogP contribution in [0.15, 0.2) is 47.6 Å². The number of amides is 1. The summed E-state index contributed by atoms with van der Waals surface area (Å²) in [5.41, 5.74) is 3.86. The molecular weight excluding hydrogens is 468 g/mol. The fraction of sp³-hybridized carbons (Fsp3) is 0.391. The van der Waals surface area contributed by atoms with Crippen LogP contribution in [0.5, 0.6) is 11.5 Å². The first-order valence-electron chi connectivity index (χ1n) is 10.5. The number of rotatable bonds is 8. The molecule has 1 amide bonds. The van der Waals surface area contributed by atoms with Gasteiger partial charge in [-0.25, -0.2) is 5.43 Å². The molecule has 2 aromatic rings.